The maximum Gasteiger partial charge on any atom is 0.259 e. The van der Waals surface area contributed by atoms with Crippen molar-refractivity contribution in [3.05, 3.63) is 62.5 Å². The smallest absolute Gasteiger partial charge is 0.259 e. The van der Waals surface area contributed by atoms with Crippen molar-refractivity contribution in [2.45, 2.75) is 43.9 Å². The van der Waals surface area contributed by atoms with Gasteiger partial charge in [-0.3, -0.25) is 4.79 Å². The van der Waals surface area contributed by atoms with Gasteiger partial charge in [0, 0.05) is 10.3 Å². The lowest BCUT2D eigenvalue weighted by Gasteiger charge is -2.17. The van der Waals surface area contributed by atoms with E-state index in [1.165, 1.54) is 21.4 Å². The summed E-state index contributed by atoms with van der Waals surface area (Å²) in [6, 6.07) is 10.3. The molecular weight excluding hydrogens is 386 g/mol. The van der Waals surface area contributed by atoms with Crippen LogP contribution in [0.1, 0.15) is 35.2 Å². The van der Waals surface area contributed by atoms with Crippen LogP contribution < -0.4 is 5.56 Å². The number of benzene rings is 1. The zero-order chi connectivity index (χ0) is 19.3. The molecule has 4 aromatic rings. The third-order valence-electron chi connectivity index (χ3n) is 5.47. The number of pyridine rings is 1. The van der Waals surface area contributed by atoms with Crippen molar-refractivity contribution in [3.8, 4) is 0 Å². The van der Waals surface area contributed by atoms with Gasteiger partial charge >= 0.3 is 0 Å². The third-order valence-corrected chi connectivity index (χ3v) is 7.54. The van der Waals surface area contributed by atoms with Crippen LogP contribution in [0, 0.1) is 12.8 Å². The number of fused-ring (bicyclic) bond motifs is 4. The molecule has 0 amide bonds. The van der Waals surface area contributed by atoms with Gasteiger partial charge in [-0.25, -0.2) is 9.97 Å². The lowest BCUT2D eigenvalue weighted by molar-refractivity contribution is 0.509. The fourth-order valence-electron chi connectivity index (χ4n) is 4.00. The molecule has 0 radical (unpaired) electrons. The highest BCUT2D eigenvalue weighted by molar-refractivity contribution is 7.98. The first-order valence-electron chi connectivity index (χ1n) is 9.61. The van der Waals surface area contributed by atoms with Crippen LogP contribution >= 0.6 is 23.1 Å². The minimum atomic E-state index is 0.00954. The normalized spacial score (nSPS) is 16.6. The molecule has 0 spiro atoms. The average Bonchev–Trinajstić information content (AvgIpc) is 3.04. The molecule has 0 saturated carbocycles. The molecule has 1 atom stereocenters. The Morgan fingerprint density at radius 2 is 2.14 bits per heavy atom. The quantitative estimate of drug-likeness (QED) is 0.471. The molecule has 0 bridgehead atoms. The molecule has 0 saturated heterocycles. The monoisotopic (exact) mass is 407 g/mol. The number of hydrogen-bond donors (Lipinski definition) is 1. The predicted octanol–water partition coefficient (Wildman–Crippen LogP) is 5.26. The molecule has 1 aliphatic rings. The van der Waals surface area contributed by atoms with E-state index in [0.29, 0.717) is 11.7 Å². The Hall–Kier alpha value is -2.18. The van der Waals surface area contributed by atoms with Crippen LogP contribution in [-0.4, -0.2) is 15.0 Å². The Bertz CT molecular complexity index is 1260. The van der Waals surface area contributed by atoms with Crippen molar-refractivity contribution in [1.82, 2.24) is 15.0 Å². The zero-order valence-electron chi connectivity index (χ0n) is 15.9. The summed E-state index contributed by atoms with van der Waals surface area (Å²) in [5.74, 6) is 2.02. The highest BCUT2D eigenvalue weighted by atomic mass is 32.2. The molecule has 0 fully saturated rings. The first kappa shape index (κ1) is 17.9. The summed E-state index contributed by atoms with van der Waals surface area (Å²) in [4.78, 5) is 27.5. The number of aromatic amines is 1. The van der Waals surface area contributed by atoms with E-state index in [9.17, 15) is 4.79 Å². The van der Waals surface area contributed by atoms with E-state index in [1.807, 2.05) is 18.2 Å². The molecule has 3 aromatic heterocycles. The number of para-hydroxylation sites is 1. The van der Waals surface area contributed by atoms with E-state index in [0.717, 1.165) is 45.8 Å². The van der Waals surface area contributed by atoms with Crippen LogP contribution in [0.3, 0.4) is 0 Å². The fourth-order valence-corrected chi connectivity index (χ4v) is 6.24. The van der Waals surface area contributed by atoms with Crippen LogP contribution in [0.15, 0.2) is 40.2 Å². The summed E-state index contributed by atoms with van der Waals surface area (Å²) < 4.78 is 0. The van der Waals surface area contributed by atoms with Crippen LogP contribution in [0.2, 0.25) is 0 Å². The summed E-state index contributed by atoms with van der Waals surface area (Å²) in [6.07, 6.45) is 3.22. The van der Waals surface area contributed by atoms with Crippen molar-refractivity contribution in [2.24, 2.45) is 5.92 Å². The molecule has 142 valence electrons. The molecule has 3 heterocycles. The average molecular weight is 408 g/mol. The maximum atomic E-state index is 12.7. The number of rotatable bonds is 3. The highest BCUT2D eigenvalue weighted by Crippen LogP contribution is 2.36. The minimum Gasteiger partial charge on any atom is -0.309 e. The number of aromatic nitrogens is 3. The number of nitrogens with zero attached hydrogens (tertiary/aromatic N) is 2. The largest absolute Gasteiger partial charge is 0.309 e. The first-order valence-corrected chi connectivity index (χ1v) is 11.4. The Labute approximate surface area is 171 Å². The van der Waals surface area contributed by atoms with E-state index in [-0.39, 0.29) is 5.56 Å². The minimum absolute atomic E-state index is 0.00954. The molecule has 1 N–H and O–H groups in total. The van der Waals surface area contributed by atoms with Gasteiger partial charge in [0.1, 0.15) is 10.7 Å². The first-order chi connectivity index (χ1) is 13.6. The molecular formula is C22H21N3OS2. The van der Waals surface area contributed by atoms with Gasteiger partial charge in [-0.2, -0.15) is 0 Å². The van der Waals surface area contributed by atoms with Crippen LogP contribution in [0.4, 0.5) is 0 Å². The lowest BCUT2D eigenvalue weighted by Crippen LogP contribution is -2.14. The van der Waals surface area contributed by atoms with Crippen molar-refractivity contribution in [1.29, 1.82) is 0 Å². The number of aryl methyl sites for hydroxylation is 2. The fraction of sp³-hybridized carbons (Fsp3) is 0.318. The second kappa shape index (κ2) is 7.01. The van der Waals surface area contributed by atoms with Gasteiger partial charge in [0.2, 0.25) is 0 Å². The van der Waals surface area contributed by atoms with Gasteiger partial charge in [-0.15, -0.1) is 11.3 Å². The van der Waals surface area contributed by atoms with Gasteiger partial charge in [0.05, 0.1) is 21.7 Å². The number of hydrogen-bond acceptors (Lipinski definition) is 5. The number of thiophene rings is 1. The summed E-state index contributed by atoms with van der Waals surface area (Å²) in [6.45, 7) is 4.39. The third kappa shape index (κ3) is 3.14. The van der Waals surface area contributed by atoms with Gasteiger partial charge in [-0.05, 0) is 55.4 Å². The molecule has 4 nitrogen and oxygen atoms in total. The SMILES string of the molecule is Cc1cc(SCc2nc3sc4c(c3c(=O)[nH]2)CCC(C)C4)nc2ccccc12. The van der Waals surface area contributed by atoms with Crippen molar-refractivity contribution in [3.63, 3.8) is 0 Å². The second-order valence-corrected chi connectivity index (χ2v) is 9.71. The number of nitrogens with one attached hydrogen (secondary N) is 1. The summed E-state index contributed by atoms with van der Waals surface area (Å²) >= 11 is 3.32. The molecule has 1 unspecified atom stereocenters. The van der Waals surface area contributed by atoms with Gasteiger partial charge in [0.15, 0.2) is 0 Å². The number of H-pyrrole nitrogens is 1. The molecule has 5 rings (SSSR count). The Morgan fingerprint density at radius 1 is 1.29 bits per heavy atom. The molecule has 0 aliphatic heterocycles. The van der Waals surface area contributed by atoms with E-state index in [1.54, 1.807) is 23.1 Å². The number of thioether (sulfide) groups is 1. The van der Waals surface area contributed by atoms with Crippen molar-refractivity contribution >= 4 is 44.2 Å². The van der Waals surface area contributed by atoms with Gasteiger partial charge in [-0.1, -0.05) is 36.9 Å². The molecule has 28 heavy (non-hydrogen) atoms. The standard InChI is InChI=1S/C22H21N3OS2/c1-12-7-8-15-17(9-12)28-22-20(15)21(26)24-18(25-22)11-27-19-10-13(2)14-5-3-4-6-16(14)23-19/h3-6,10,12H,7-9,11H2,1-2H3,(H,24,25,26). The van der Waals surface area contributed by atoms with Gasteiger partial charge in [0.25, 0.3) is 5.56 Å². The Kier molecular flexibility index (Phi) is 4.48. The Balaban J connectivity index is 1.45. The van der Waals surface area contributed by atoms with Crippen LogP contribution in [0.5, 0.6) is 0 Å². The Morgan fingerprint density at radius 3 is 3.04 bits per heavy atom. The lowest BCUT2D eigenvalue weighted by atomic mass is 9.89. The maximum absolute atomic E-state index is 12.7. The van der Waals surface area contributed by atoms with E-state index >= 15 is 0 Å². The van der Waals surface area contributed by atoms with Crippen LogP contribution in [-0.2, 0) is 18.6 Å². The van der Waals surface area contributed by atoms with Crippen molar-refractivity contribution in [2.75, 3.05) is 0 Å². The highest BCUT2D eigenvalue weighted by Gasteiger charge is 2.23. The zero-order valence-corrected chi connectivity index (χ0v) is 17.5. The summed E-state index contributed by atoms with van der Waals surface area (Å²) in [7, 11) is 0. The topological polar surface area (TPSA) is 58.6 Å². The van der Waals surface area contributed by atoms with E-state index in [4.69, 9.17) is 9.97 Å². The van der Waals surface area contributed by atoms with Gasteiger partial charge < -0.3 is 4.98 Å². The molecule has 6 heteroatoms. The summed E-state index contributed by atoms with van der Waals surface area (Å²) in [5, 5.41) is 2.96. The molecule has 1 aliphatic carbocycles. The van der Waals surface area contributed by atoms with E-state index < -0.39 is 0 Å². The molecule has 1 aromatic carbocycles. The second-order valence-electron chi connectivity index (χ2n) is 7.63. The van der Waals surface area contributed by atoms with Crippen LogP contribution in [0.25, 0.3) is 21.1 Å². The predicted molar refractivity (Wildman–Crippen MR) is 117 cm³/mol. The summed E-state index contributed by atoms with van der Waals surface area (Å²) in [5.41, 5.74) is 3.46. The van der Waals surface area contributed by atoms with Crippen molar-refractivity contribution < 1.29 is 0 Å². The van der Waals surface area contributed by atoms with E-state index in [2.05, 4.69) is 31.0 Å².